The summed E-state index contributed by atoms with van der Waals surface area (Å²) < 4.78 is 45.5. The molecule has 0 saturated carbocycles. The average molecular weight is 448 g/mol. The number of benzene rings is 3. The van der Waals surface area contributed by atoms with Crippen LogP contribution in [0.1, 0.15) is 26.3 Å². The summed E-state index contributed by atoms with van der Waals surface area (Å²) in [6.45, 7) is 0. The summed E-state index contributed by atoms with van der Waals surface area (Å²) >= 11 is 5.77. The van der Waals surface area contributed by atoms with Crippen LogP contribution in [-0.2, 0) is 14.8 Å². The van der Waals surface area contributed by atoms with Gasteiger partial charge in [0.05, 0.1) is 17.6 Å². The molecule has 0 atom stereocenters. The van der Waals surface area contributed by atoms with Gasteiger partial charge in [-0.15, -0.1) is 0 Å². The Morgan fingerprint density at radius 1 is 0.933 bits per heavy atom. The van der Waals surface area contributed by atoms with Crippen LogP contribution in [0.4, 0.5) is 10.1 Å². The van der Waals surface area contributed by atoms with E-state index in [9.17, 15) is 22.4 Å². The number of methoxy groups -OCH3 is 1. The van der Waals surface area contributed by atoms with Crippen molar-refractivity contribution in [2.75, 3.05) is 11.8 Å². The highest BCUT2D eigenvalue weighted by Gasteiger charge is 2.18. The number of rotatable bonds is 6. The SMILES string of the molecule is COC(=O)c1cc(C(=O)c2ccc(NS(=O)(=O)c3ccc(Cl)cc3)cc2)ccc1F. The van der Waals surface area contributed by atoms with Crippen LogP contribution in [0.25, 0.3) is 0 Å². The lowest BCUT2D eigenvalue weighted by Crippen LogP contribution is -2.13. The molecule has 0 unspecified atom stereocenters. The number of hydrogen-bond donors (Lipinski definition) is 1. The summed E-state index contributed by atoms with van der Waals surface area (Å²) in [6, 6.07) is 14.7. The lowest BCUT2D eigenvalue weighted by atomic mass is 10.0. The Morgan fingerprint density at radius 2 is 1.53 bits per heavy atom. The monoisotopic (exact) mass is 447 g/mol. The number of ether oxygens (including phenoxy) is 1. The van der Waals surface area contributed by atoms with Crippen molar-refractivity contribution in [2.24, 2.45) is 0 Å². The van der Waals surface area contributed by atoms with E-state index >= 15 is 0 Å². The van der Waals surface area contributed by atoms with Crippen molar-refractivity contribution in [3.05, 3.63) is 94.3 Å². The third kappa shape index (κ3) is 4.67. The van der Waals surface area contributed by atoms with E-state index in [1.54, 1.807) is 0 Å². The maximum atomic E-state index is 13.8. The molecule has 0 aliphatic carbocycles. The van der Waals surface area contributed by atoms with Gasteiger partial charge in [0.15, 0.2) is 5.78 Å². The van der Waals surface area contributed by atoms with Crippen molar-refractivity contribution in [3.63, 3.8) is 0 Å². The van der Waals surface area contributed by atoms with Gasteiger partial charge in [0.25, 0.3) is 10.0 Å². The first-order valence-corrected chi connectivity index (χ1v) is 10.4. The maximum absolute atomic E-state index is 13.8. The molecule has 6 nitrogen and oxygen atoms in total. The first kappa shape index (κ1) is 21.5. The molecule has 30 heavy (non-hydrogen) atoms. The van der Waals surface area contributed by atoms with Crippen molar-refractivity contribution in [1.29, 1.82) is 0 Å². The summed E-state index contributed by atoms with van der Waals surface area (Å²) in [7, 11) is -2.71. The van der Waals surface area contributed by atoms with Crippen molar-refractivity contribution >= 4 is 39.1 Å². The van der Waals surface area contributed by atoms with Gasteiger partial charge in [0.2, 0.25) is 0 Å². The highest BCUT2D eigenvalue weighted by Crippen LogP contribution is 2.20. The topological polar surface area (TPSA) is 89.5 Å². The molecule has 0 heterocycles. The number of anilines is 1. The number of hydrogen-bond acceptors (Lipinski definition) is 5. The van der Waals surface area contributed by atoms with Gasteiger partial charge in [-0.3, -0.25) is 9.52 Å². The summed E-state index contributed by atoms with van der Waals surface area (Å²) in [6.07, 6.45) is 0. The standard InChI is InChI=1S/C21H15ClFNO5S/c1-29-21(26)18-12-14(4-11-19(18)23)20(25)13-2-7-16(8-3-13)24-30(27,28)17-9-5-15(22)6-10-17/h2-12,24H,1H3. The number of nitrogens with one attached hydrogen (secondary N) is 1. The average Bonchev–Trinajstić information content (AvgIpc) is 2.73. The van der Waals surface area contributed by atoms with E-state index in [2.05, 4.69) is 9.46 Å². The van der Waals surface area contributed by atoms with Crippen molar-refractivity contribution in [2.45, 2.75) is 4.90 Å². The zero-order chi connectivity index (χ0) is 21.9. The zero-order valence-corrected chi connectivity index (χ0v) is 17.1. The molecule has 0 saturated heterocycles. The van der Waals surface area contributed by atoms with E-state index in [0.29, 0.717) is 5.02 Å². The fourth-order valence-electron chi connectivity index (χ4n) is 2.62. The van der Waals surface area contributed by atoms with Gasteiger partial charge in [-0.05, 0) is 66.7 Å². The van der Waals surface area contributed by atoms with E-state index in [1.165, 1.54) is 54.6 Å². The Balaban J connectivity index is 1.81. The number of carbonyl (C=O) groups excluding carboxylic acids is 2. The lowest BCUT2D eigenvalue weighted by Gasteiger charge is -2.09. The molecule has 3 rings (SSSR count). The largest absolute Gasteiger partial charge is 0.465 e. The second kappa shape index (κ2) is 8.64. The van der Waals surface area contributed by atoms with Gasteiger partial charge < -0.3 is 4.74 Å². The van der Waals surface area contributed by atoms with Crippen molar-refractivity contribution < 1.29 is 27.1 Å². The van der Waals surface area contributed by atoms with Gasteiger partial charge in [0, 0.05) is 21.8 Å². The maximum Gasteiger partial charge on any atom is 0.340 e. The van der Waals surface area contributed by atoms with Crippen LogP contribution in [0.3, 0.4) is 0 Å². The van der Waals surface area contributed by atoms with Crippen LogP contribution >= 0.6 is 11.6 Å². The fraction of sp³-hybridized carbons (Fsp3) is 0.0476. The second-order valence-electron chi connectivity index (χ2n) is 6.15. The molecular formula is C21H15ClFNO5S. The van der Waals surface area contributed by atoms with E-state index in [0.717, 1.165) is 19.2 Å². The molecule has 3 aromatic carbocycles. The van der Waals surface area contributed by atoms with E-state index in [-0.39, 0.29) is 27.3 Å². The Morgan fingerprint density at radius 3 is 2.13 bits per heavy atom. The molecule has 1 N–H and O–H groups in total. The van der Waals surface area contributed by atoms with Crippen LogP contribution in [0.15, 0.2) is 71.6 Å². The molecule has 0 amide bonds. The zero-order valence-electron chi connectivity index (χ0n) is 15.6. The molecule has 3 aromatic rings. The van der Waals surface area contributed by atoms with Crippen molar-refractivity contribution in [1.82, 2.24) is 0 Å². The van der Waals surface area contributed by atoms with Gasteiger partial charge >= 0.3 is 5.97 Å². The van der Waals surface area contributed by atoms with Gasteiger partial charge in [-0.25, -0.2) is 17.6 Å². The first-order valence-electron chi connectivity index (χ1n) is 8.52. The Bertz CT molecular complexity index is 1210. The Hall–Kier alpha value is -3.23. The molecule has 0 aliphatic rings. The fourth-order valence-corrected chi connectivity index (χ4v) is 3.80. The number of halogens is 2. The Kier molecular flexibility index (Phi) is 6.19. The van der Waals surface area contributed by atoms with E-state index in [4.69, 9.17) is 11.6 Å². The van der Waals surface area contributed by atoms with Gasteiger partial charge in [-0.2, -0.15) is 0 Å². The van der Waals surface area contributed by atoms with E-state index in [1.807, 2.05) is 0 Å². The number of ketones is 1. The molecular weight excluding hydrogens is 433 g/mol. The van der Waals surface area contributed by atoms with Crippen LogP contribution in [0.2, 0.25) is 5.02 Å². The molecule has 0 aliphatic heterocycles. The molecule has 0 radical (unpaired) electrons. The predicted octanol–water partition coefficient (Wildman–Crippen LogP) is 4.30. The molecule has 154 valence electrons. The van der Waals surface area contributed by atoms with Crippen LogP contribution < -0.4 is 4.72 Å². The van der Waals surface area contributed by atoms with Crippen LogP contribution in [0.5, 0.6) is 0 Å². The number of sulfonamides is 1. The van der Waals surface area contributed by atoms with Crippen LogP contribution in [-0.4, -0.2) is 27.3 Å². The van der Waals surface area contributed by atoms with Gasteiger partial charge in [0.1, 0.15) is 5.82 Å². The first-order chi connectivity index (χ1) is 14.2. The third-order valence-corrected chi connectivity index (χ3v) is 5.81. The smallest absolute Gasteiger partial charge is 0.340 e. The number of carbonyl (C=O) groups is 2. The molecule has 9 heteroatoms. The summed E-state index contributed by atoms with van der Waals surface area (Å²) in [4.78, 5) is 24.3. The van der Waals surface area contributed by atoms with E-state index < -0.39 is 27.6 Å². The minimum atomic E-state index is -3.82. The van der Waals surface area contributed by atoms with Gasteiger partial charge in [-0.1, -0.05) is 11.6 Å². The summed E-state index contributed by atoms with van der Waals surface area (Å²) in [5, 5.41) is 0.410. The molecule has 0 bridgehead atoms. The highest BCUT2D eigenvalue weighted by atomic mass is 35.5. The third-order valence-electron chi connectivity index (χ3n) is 4.16. The van der Waals surface area contributed by atoms with Crippen molar-refractivity contribution in [3.8, 4) is 0 Å². The summed E-state index contributed by atoms with van der Waals surface area (Å²) in [5.41, 5.74) is 0.213. The molecule has 0 aromatic heterocycles. The normalized spacial score (nSPS) is 11.0. The minimum absolute atomic E-state index is 0.0358. The highest BCUT2D eigenvalue weighted by molar-refractivity contribution is 7.92. The molecule has 0 fully saturated rings. The Labute approximate surface area is 177 Å². The predicted molar refractivity (Wildman–Crippen MR) is 110 cm³/mol. The lowest BCUT2D eigenvalue weighted by molar-refractivity contribution is 0.0595. The molecule has 0 spiro atoms. The van der Waals surface area contributed by atoms with Crippen LogP contribution in [0, 0.1) is 5.82 Å². The quantitative estimate of drug-likeness (QED) is 0.449. The number of esters is 1. The minimum Gasteiger partial charge on any atom is -0.465 e. The summed E-state index contributed by atoms with van der Waals surface area (Å²) in [5.74, 6) is -2.16. The second-order valence-corrected chi connectivity index (χ2v) is 8.27.